The van der Waals surface area contributed by atoms with E-state index in [1.807, 2.05) is 31.2 Å². The Kier molecular flexibility index (Phi) is 4.97. The van der Waals surface area contributed by atoms with E-state index < -0.39 is 4.92 Å². The van der Waals surface area contributed by atoms with Gasteiger partial charge in [-0.05, 0) is 25.3 Å². The van der Waals surface area contributed by atoms with Crippen LogP contribution in [0.3, 0.4) is 0 Å². The minimum atomic E-state index is -0.466. The lowest BCUT2D eigenvalue weighted by Crippen LogP contribution is -2.15. The number of nitro groups is 1. The highest BCUT2D eigenvalue weighted by Gasteiger charge is 2.27. The van der Waals surface area contributed by atoms with E-state index in [-0.39, 0.29) is 23.6 Å². The molecule has 0 bridgehead atoms. The number of hydrogen-bond acceptors (Lipinski definition) is 7. The maximum atomic E-state index is 11.2. The maximum Gasteiger partial charge on any atom is 0.329 e. The fourth-order valence-corrected chi connectivity index (χ4v) is 2.62. The monoisotopic (exact) mass is 343 g/mol. The molecule has 0 unspecified atom stereocenters. The summed E-state index contributed by atoms with van der Waals surface area (Å²) in [4.78, 5) is 19.1. The Morgan fingerprint density at radius 3 is 2.80 bits per heavy atom. The highest BCUT2D eigenvalue weighted by molar-refractivity contribution is 5.58. The zero-order valence-corrected chi connectivity index (χ0v) is 14.2. The maximum absolute atomic E-state index is 11.2. The normalized spacial score (nSPS) is 14.6. The van der Waals surface area contributed by atoms with Gasteiger partial charge in [-0.15, -0.1) is 0 Å². The SMILES string of the molecule is CC[C@@H](Nc1ncc([N+](=O)[O-])c(NC2CC2)n1)c1ccccc1OC. The van der Waals surface area contributed by atoms with Crippen molar-refractivity contribution < 1.29 is 9.66 Å². The summed E-state index contributed by atoms with van der Waals surface area (Å²) in [6, 6.07) is 7.93. The highest BCUT2D eigenvalue weighted by Crippen LogP contribution is 2.32. The van der Waals surface area contributed by atoms with Crippen LogP contribution in [0.4, 0.5) is 17.5 Å². The number of para-hydroxylation sites is 1. The summed E-state index contributed by atoms with van der Waals surface area (Å²) in [6.45, 7) is 2.04. The molecule has 8 heteroatoms. The van der Waals surface area contributed by atoms with Crippen LogP contribution >= 0.6 is 0 Å². The Labute approximate surface area is 145 Å². The molecular formula is C17H21N5O3. The molecule has 2 aromatic rings. The highest BCUT2D eigenvalue weighted by atomic mass is 16.6. The van der Waals surface area contributed by atoms with E-state index in [1.165, 1.54) is 6.20 Å². The van der Waals surface area contributed by atoms with Gasteiger partial charge in [-0.1, -0.05) is 25.1 Å². The molecule has 1 aliphatic carbocycles. The molecule has 1 saturated carbocycles. The van der Waals surface area contributed by atoms with Gasteiger partial charge in [-0.3, -0.25) is 10.1 Å². The topological polar surface area (TPSA) is 102 Å². The van der Waals surface area contributed by atoms with Crippen molar-refractivity contribution in [2.45, 2.75) is 38.3 Å². The van der Waals surface area contributed by atoms with Gasteiger partial charge < -0.3 is 15.4 Å². The van der Waals surface area contributed by atoms with E-state index in [1.54, 1.807) is 7.11 Å². The Morgan fingerprint density at radius 1 is 1.40 bits per heavy atom. The molecular weight excluding hydrogens is 322 g/mol. The van der Waals surface area contributed by atoms with Crippen molar-refractivity contribution in [2.75, 3.05) is 17.7 Å². The Balaban J connectivity index is 1.86. The van der Waals surface area contributed by atoms with E-state index in [0.29, 0.717) is 5.95 Å². The number of anilines is 2. The van der Waals surface area contributed by atoms with E-state index in [2.05, 4.69) is 20.6 Å². The average molecular weight is 343 g/mol. The van der Waals surface area contributed by atoms with E-state index in [9.17, 15) is 10.1 Å². The fourth-order valence-electron chi connectivity index (χ4n) is 2.62. The lowest BCUT2D eigenvalue weighted by molar-refractivity contribution is -0.384. The molecule has 0 amide bonds. The van der Waals surface area contributed by atoms with Crippen molar-refractivity contribution in [3.63, 3.8) is 0 Å². The van der Waals surface area contributed by atoms with Gasteiger partial charge in [0.2, 0.25) is 11.8 Å². The molecule has 132 valence electrons. The molecule has 1 aromatic heterocycles. The number of aromatic nitrogens is 2. The average Bonchev–Trinajstić information content (AvgIpc) is 3.43. The Bertz CT molecular complexity index is 764. The minimum Gasteiger partial charge on any atom is -0.496 e. The van der Waals surface area contributed by atoms with Gasteiger partial charge in [0.05, 0.1) is 18.1 Å². The smallest absolute Gasteiger partial charge is 0.329 e. The molecule has 3 rings (SSSR count). The molecule has 8 nitrogen and oxygen atoms in total. The Hall–Kier alpha value is -2.90. The first kappa shape index (κ1) is 16.9. The second-order valence-electron chi connectivity index (χ2n) is 5.95. The molecule has 0 spiro atoms. The van der Waals surface area contributed by atoms with Crippen LogP contribution in [0, 0.1) is 10.1 Å². The second-order valence-corrected chi connectivity index (χ2v) is 5.95. The Morgan fingerprint density at radius 2 is 2.16 bits per heavy atom. The summed E-state index contributed by atoms with van der Waals surface area (Å²) in [5.41, 5.74) is 0.883. The molecule has 0 aliphatic heterocycles. The van der Waals surface area contributed by atoms with E-state index >= 15 is 0 Å². The number of nitrogens with zero attached hydrogens (tertiary/aromatic N) is 3. The first-order chi connectivity index (χ1) is 12.1. The van der Waals surface area contributed by atoms with Gasteiger partial charge in [0.25, 0.3) is 0 Å². The van der Waals surface area contributed by atoms with Gasteiger partial charge in [0.1, 0.15) is 11.9 Å². The molecule has 0 saturated heterocycles. The zero-order chi connectivity index (χ0) is 17.8. The van der Waals surface area contributed by atoms with Crippen molar-refractivity contribution in [1.29, 1.82) is 0 Å². The summed E-state index contributed by atoms with van der Waals surface area (Å²) in [5.74, 6) is 1.39. The van der Waals surface area contributed by atoms with Crippen LogP contribution in [0.15, 0.2) is 30.5 Å². The number of rotatable bonds is 8. The van der Waals surface area contributed by atoms with Crippen LogP contribution in [0.5, 0.6) is 5.75 Å². The number of nitrogens with one attached hydrogen (secondary N) is 2. The van der Waals surface area contributed by atoms with Crippen molar-refractivity contribution >= 4 is 17.5 Å². The predicted octanol–water partition coefficient (Wildman–Crippen LogP) is 3.53. The molecule has 1 heterocycles. The van der Waals surface area contributed by atoms with E-state index in [4.69, 9.17) is 4.74 Å². The van der Waals surface area contributed by atoms with Gasteiger partial charge in [0.15, 0.2) is 0 Å². The van der Waals surface area contributed by atoms with Crippen LogP contribution in [0.25, 0.3) is 0 Å². The first-order valence-corrected chi connectivity index (χ1v) is 8.29. The number of ether oxygens (including phenoxy) is 1. The summed E-state index contributed by atoms with van der Waals surface area (Å²) in [5, 5.41) is 17.5. The molecule has 1 atom stereocenters. The van der Waals surface area contributed by atoms with Gasteiger partial charge >= 0.3 is 5.69 Å². The summed E-state index contributed by atoms with van der Waals surface area (Å²) in [7, 11) is 1.63. The fraction of sp³-hybridized carbons (Fsp3) is 0.412. The van der Waals surface area contributed by atoms with Crippen LogP contribution in [-0.2, 0) is 0 Å². The number of benzene rings is 1. The summed E-state index contributed by atoms with van der Waals surface area (Å²) in [6.07, 6.45) is 4.03. The lowest BCUT2D eigenvalue weighted by atomic mass is 10.0. The van der Waals surface area contributed by atoms with E-state index in [0.717, 1.165) is 30.6 Å². The predicted molar refractivity (Wildman–Crippen MR) is 95.0 cm³/mol. The summed E-state index contributed by atoms with van der Waals surface area (Å²) >= 11 is 0. The molecule has 1 fully saturated rings. The molecule has 0 radical (unpaired) electrons. The molecule has 1 aromatic carbocycles. The standard InChI is InChI=1S/C17H21N5O3/c1-3-13(12-6-4-5-7-15(12)25-2)20-17-18-10-14(22(23)24)16(21-17)19-11-8-9-11/h4-7,10-11,13H,3,8-9H2,1-2H3,(H2,18,19,20,21)/t13-/m1/s1. The van der Waals surface area contributed by atoms with Gasteiger partial charge in [0, 0.05) is 11.6 Å². The van der Waals surface area contributed by atoms with Crippen molar-refractivity contribution in [2.24, 2.45) is 0 Å². The van der Waals surface area contributed by atoms with Crippen LogP contribution in [0.2, 0.25) is 0 Å². The third kappa shape index (κ3) is 3.96. The van der Waals surface area contributed by atoms with Crippen molar-refractivity contribution in [1.82, 2.24) is 9.97 Å². The van der Waals surface area contributed by atoms with Crippen molar-refractivity contribution in [3.05, 3.63) is 46.1 Å². The van der Waals surface area contributed by atoms with Crippen LogP contribution in [-0.4, -0.2) is 28.0 Å². The minimum absolute atomic E-state index is 0.0635. The molecule has 1 aliphatic rings. The second kappa shape index (κ2) is 7.33. The van der Waals surface area contributed by atoms with Crippen molar-refractivity contribution in [3.8, 4) is 5.75 Å². The molecule has 2 N–H and O–H groups in total. The van der Waals surface area contributed by atoms with Gasteiger partial charge in [-0.25, -0.2) is 4.98 Å². The van der Waals surface area contributed by atoms with Gasteiger partial charge in [-0.2, -0.15) is 4.98 Å². The zero-order valence-electron chi connectivity index (χ0n) is 14.2. The van der Waals surface area contributed by atoms with Crippen LogP contribution in [0.1, 0.15) is 37.8 Å². The van der Waals surface area contributed by atoms with Crippen LogP contribution < -0.4 is 15.4 Å². The molecule has 25 heavy (non-hydrogen) atoms. The number of methoxy groups -OCH3 is 1. The number of hydrogen-bond donors (Lipinski definition) is 2. The quantitative estimate of drug-likeness (QED) is 0.558. The third-order valence-corrected chi connectivity index (χ3v) is 4.11. The summed E-state index contributed by atoms with van der Waals surface area (Å²) < 4.78 is 5.42. The largest absolute Gasteiger partial charge is 0.496 e. The third-order valence-electron chi connectivity index (χ3n) is 4.11. The first-order valence-electron chi connectivity index (χ1n) is 8.29. The lowest BCUT2D eigenvalue weighted by Gasteiger charge is -2.20.